The van der Waals surface area contributed by atoms with Gasteiger partial charge in [-0.25, -0.2) is 0 Å². The highest BCUT2D eigenvalue weighted by atomic mass is 16.5. The van der Waals surface area contributed by atoms with Gasteiger partial charge >= 0.3 is 7.12 Å². The summed E-state index contributed by atoms with van der Waals surface area (Å²) in [5.41, 5.74) is 1.34. The van der Waals surface area contributed by atoms with Crippen LogP contribution < -0.4 is 15.7 Å². The van der Waals surface area contributed by atoms with Crippen molar-refractivity contribution >= 4 is 25.3 Å². The van der Waals surface area contributed by atoms with E-state index in [1.807, 2.05) is 7.28 Å². The van der Waals surface area contributed by atoms with Crippen LogP contribution in [-0.4, -0.2) is 31.6 Å². The monoisotopic (exact) mass is 219 g/mol. The van der Waals surface area contributed by atoms with Gasteiger partial charge < -0.3 is 14.8 Å². The third kappa shape index (κ3) is 3.58. The zero-order chi connectivity index (χ0) is 12.3. The van der Waals surface area contributed by atoms with Crippen LogP contribution in [0, 0.1) is 0 Å². The fourth-order valence-electron chi connectivity index (χ4n) is 1.49. The smallest absolute Gasteiger partial charge is 0.488 e. The number of hydrogen-bond acceptors (Lipinski definition) is 3. The Morgan fingerprint density at radius 3 is 2.31 bits per heavy atom. The van der Waals surface area contributed by atoms with Crippen molar-refractivity contribution in [2.45, 2.75) is 26.1 Å². The fourth-order valence-corrected chi connectivity index (χ4v) is 1.49. The van der Waals surface area contributed by atoms with E-state index in [0.29, 0.717) is 5.46 Å². The molecule has 0 aliphatic carbocycles. The SMILES string of the molecule is COc1ccc(B(O)O)cc1[B]C(C)(C)C. The first-order valence-corrected chi connectivity index (χ1v) is 5.23. The Hall–Kier alpha value is -0.930. The molecule has 0 aromatic heterocycles. The molecule has 0 spiro atoms. The van der Waals surface area contributed by atoms with Crippen LogP contribution in [0.5, 0.6) is 5.75 Å². The number of rotatable bonds is 3. The molecule has 1 aromatic rings. The average molecular weight is 219 g/mol. The molecule has 0 amide bonds. The topological polar surface area (TPSA) is 49.7 Å². The van der Waals surface area contributed by atoms with Gasteiger partial charge in [-0.2, -0.15) is 0 Å². The van der Waals surface area contributed by atoms with Gasteiger partial charge in [0, 0.05) is 0 Å². The third-order valence-corrected chi connectivity index (χ3v) is 2.14. The van der Waals surface area contributed by atoms with E-state index in [-0.39, 0.29) is 5.31 Å². The molecule has 1 aromatic carbocycles. The van der Waals surface area contributed by atoms with Crippen LogP contribution >= 0.6 is 0 Å². The highest BCUT2D eigenvalue weighted by Gasteiger charge is 2.19. The number of methoxy groups -OCH3 is 1. The highest BCUT2D eigenvalue weighted by Crippen LogP contribution is 2.21. The summed E-state index contributed by atoms with van der Waals surface area (Å²) < 4.78 is 5.23. The molecule has 16 heavy (non-hydrogen) atoms. The molecule has 0 aliphatic rings. The largest absolute Gasteiger partial charge is 0.497 e. The lowest BCUT2D eigenvalue weighted by atomic mass is 9.50. The van der Waals surface area contributed by atoms with Crippen molar-refractivity contribution in [2.75, 3.05) is 7.11 Å². The fraction of sp³-hybridized carbons (Fsp3) is 0.455. The van der Waals surface area contributed by atoms with Crippen molar-refractivity contribution in [3.8, 4) is 5.75 Å². The highest BCUT2D eigenvalue weighted by molar-refractivity contribution is 6.62. The molecule has 0 saturated carbocycles. The molecule has 0 fully saturated rings. The second-order valence-corrected chi connectivity index (χ2v) is 4.89. The van der Waals surface area contributed by atoms with Gasteiger partial charge in [0.25, 0.3) is 0 Å². The van der Waals surface area contributed by atoms with Gasteiger partial charge in [0.05, 0.1) is 7.11 Å². The van der Waals surface area contributed by atoms with Crippen LogP contribution in [0.1, 0.15) is 20.8 Å². The molecule has 0 heterocycles. The lowest BCUT2D eigenvalue weighted by Gasteiger charge is -2.19. The maximum absolute atomic E-state index is 9.11. The van der Waals surface area contributed by atoms with E-state index in [4.69, 9.17) is 14.8 Å². The van der Waals surface area contributed by atoms with Gasteiger partial charge in [0.1, 0.15) is 5.75 Å². The molecule has 3 nitrogen and oxygen atoms in total. The molecule has 0 aliphatic heterocycles. The first-order chi connectivity index (χ1) is 7.33. The zero-order valence-electron chi connectivity index (χ0n) is 10.2. The summed E-state index contributed by atoms with van der Waals surface area (Å²) in [4.78, 5) is 0. The van der Waals surface area contributed by atoms with Gasteiger partial charge in [-0.05, 0) is 17.0 Å². The van der Waals surface area contributed by atoms with E-state index in [9.17, 15) is 0 Å². The van der Waals surface area contributed by atoms with Crippen molar-refractivity contribution in [3.63, 3.8) is 0 Å². The van der Waals surface area contributed by atoms with E-state index in [2.05, 4.69) is 20.8 Å². The summed E-state index contributed by atoms with van der Waals surface area (Å²) >= 11 is 0. The molecule has 1 rings (SSSR count). The predicted molar refractivity (Wildman–Crippen MR) is 67.9 cm³/mol. The van der Waals surface area contributed by atoms with Crippen molar-refractivity contribution in [3.05, 3.63) is 18.2 Å². The molecular formula is C11H17B2O3. The quantitative estimate of drug-likeness (QED) is 0.699. The Kier molecular flexibility index (Phi) is 4.05. The lowest BCUT2D eigenvalue weighted by Crippen LogP contribution is -2.35. The number of hydrogen-bond donors (Lipinski definition) is 2. The minimum absolute atomic E-state index is 0.00626. The van der Waals surface area contributed by atoms with Gasteiger partial charge in [0.15, 0.2) is 7.28 Å². The van der Waals surface area contributed by atoms with Crippen molar-refractivity contribution < 1.29 is 14.8 Å². The zero-order valence-corrected chi connectivity index (χ0v) is 10.2. The van der Waals surface area contributed by atoms with Gasteiger partial charge in [-0.15, -0.1) is 0 Å². The summed E-state index contributed by atoms with van der Waals surface area (Å²) in [5, 5.41) is 18.2. The van der Waals surface area contributed by atoms with E-state index in [0.717, 1.165) is 11.2 Å². The summed E-state index contributed by atoms with van der Waals surface area (Å²) in [6, 6.07) is 5.12. The van der Waals surface area contributed by atoms with E-state index in [1.54, 1.807) is 25.3 Å². The Balaban J connectivity index is 3.07. The van der Waals surface area contributed by atoms with Gasteiger partial charge in [0.2, 0.25) is 0 Å². The summed E-state index contributed by atoms with van der Waals surface area (Å²) in [7, 11) is 2.19. The maximum atomic E-state index is 9.11. The Bertz CT molecular complexity index is 359. The molecule has 85 valence electrons. The lowest BCUT2D eigenvalue weighted by molar-refractivity contribution is 0.417. The van der Waals surface area contributed by atoms with Crippen molar-refractivity contribution in [2.24, 2.45) is 0 Å². The summed E-state index contributed by atoms with van der Waals surface area (Å²) in [5.74, 6) is 0.735. The van der Waals surface area contributed by atoms with E-state index < -0.39 is 7.12 Å². The van der Waals surface area contributed by atoms with E-state index >= 15 is 0 Å². The second kappa shape index (κ2) is 4.93. The first-order valence-electron chi connectivity index (χ1n) is 5.23. The van der Waals surface area contributed by atoms with Gasteiger partial charge in [-0.3, -0.25) is 0 Å². The summed E-state index contributed by atoms with van der Waals surface area (Å²) in [6.45, 7) is 6.23. The van der Waals surface area contributed by atoms with Crippen molar-refractivity contribution in [1.82, 2.24) is 0 Å². The minimum atomic E-state index is -1.45. The molecule has 0 unspecified atom stereocenters. The van der Waals surface area contributed by atoms with Gasteiger partial charge in [-0.1, -0.05) is 38.2 Å². The number of ether oxygens (including phenoxy) is 1. The molecular weight excluding hydrogens is 202 g/mol. The standard InChI is InChI=1S/C11H17B2O3/c1-11(2,3)12-9-7-8(13(14)15)5-6-10(9)16-4/h5-7,14-15H,1-4H3. The Morgan fingerprint density at radius 2 is 1.88 bits per heavy atom. The third-order valence-electron chi connectivity index (χ3n) is 2.14. The molecule has 5 heteroatoms. The predicted octanol–water partition coefficient (Wildman–Crippen LogP) is -0.0771. The van der Waals surface area contributed by atoms with E-state index in [1.165, 1.54) is 0 Å². The second-order valence-electron chi connectivity index (χ2n) is 4.89. The van der Waals surface area contributed by atoms with Crippen LogP contribution in [-0.2, 0) is 0 Å². The molecule has 2 N–H and O–H groups in total. The molecule has 0 saturated heterocycles. The average Bonchev–Trinajstić information content (AvgIpc) is 2.15. The van der Waals surface area contributed by atoms with Crippen LogP contribution in [0.2, 0.25) is 5.31 Å². The Morgan fingerprint density at radius 1 is 1.25 bits per heavy atom. The maximum Gasteiger partial charge on any atom is 0.488 e. The van der Waals surface area contributed by atoms with Crippen LogP contribution in [0.15, 0.2) is 18.2 Å². The van der Waals surface area contributed by atoms with Crippen LogP contribution in [0.4, 0.5) is 0 Å². The molecule has 0 bridgehead atoms. The molecule has 1 radical (unpaired) electrons. The number of benzene rings is 1. The molecule has 0 atom stereocenters. The summed E-state index contributed by atoms with van der Waals surface area (Å²) in [6.07, 6.45) is 0. The van der Waals surface area contributed by atoms with Crippen LogP contribution in [0.25, 0.3) is 0 Å². The first kappa shape index (κ1) is 13.1. The Labute approximate surface area is 97.8 Å². The van der Waals surface area contributed by atoms with Crippen LogP contribution in [0.3, 0.4) is 0 Å². The normalized spacial score (nSPS) is 11.1. The van der Waals surface area contributed by atoms with Crippen molar-refractivity contribution in [1.29, 1.82) is 0 Å². The minimum Gasteiger partial charge on any atom is -0.497 e.